The number of likely N-dealkylation sites (N-methyl/N-ethyl adjacent to an activating group) is 1. The molecule has 0 N–H and O–H groups in total. The highest BCUT2D eigenvalue weighted by molar-refractivity contribution is 6.32. The average Bonchev–Trinajstić information content (AvgIpc) is 3.09. The second kappa shape index (κ2) is 7.17. The van der Waals surface area contributed by atoms with E-state index in [0.717, 1.165) is 35.8 Å². The first kappa shape index (κ1) is 17.8. The summed E-state index contributed by atoms with van der Waals surface area (Å²) < 4.78 is 0. The van der Waals surface area contributed by atoms with E-state index in [2.05, 4.69) is 28.9 Å². The molecule has 0 radical (unpaired) electrons. The number of halogens is 3. The third-order valence-corrected chi connectivity index (χ3v) is 4.56. The summed E-state index contributed by atoms with van der Waals surface area (Å²) in [5.41, 5.74) is 0. The predicted octanol–water partition coefficient (Wildman–Crippen LogP) is 3.36. The predicted molar refractivity (Wildman–Crippen MR) is 89.6 cm³/mol. The SMILES string of the molecule is CN(C)[C@H]1CN(c2ncccc2Cl)C[C@@H]1C1CC1.Cl.Cl. The summed E-state index contributed by atoms with van der Waals surface area (Å²) >= 11 is 6.26. The van der Waals surface area contributed by atoms with Gasteiger partial charge >= 0.3 is 0 Å². The van der Waals surface area contributed by atoms with Gasteiger partial charge in [0.2, 0.25) is 0 Å². The molecule has 0 spiro atoms. The molecule has 2 aliphatic rings. The van der Waals surface area contributed by atoms with Gasteiger partial charge in [0.25, 0.3) is 0 Å². The first-order chi connectivity index (χ1) is 8.66. The van der Waals surface area contributed by atoms with Gasteiger partial charge in [-0.3, -0.25) is 0 Å². The molecule has 1 saturated heterocycles. The Bertz CT molecular complexity index is 427. The molecule has 0 unspecified atom stereocenters. The second-order valence-corrected chi connectivity index (χ2v) is 6.15. The summed E-state index contributed by atoms with van der Waals surface area (Å²) in [4.78, 5) is 9.16. The highest BCUT2D eigenvalue weighted by Crippen LogP contribution is 2.43. The molecule has 0 aromatic carbocycles. The van der Waals surface area contributed by atoms with E-state index in [1.807, 2.05) is 18.3 Å². The number of anilines is 1. The zero-order valence-electron chi connectivity index (χ0n) is 11.8. The lowest BCUT2D eigenvalue weighted by atomic mass is 9.97. The van der Waals surface area contributed by atoms with Gasteiger partial charge in [0.05, 0.1) is 5.02 Å². The van der Waals surface area contributed by atoms with Gasteiger partial charge < -0.3 is 9.80 Å². The van der Waals surface area contributed by atoms with Gasteiger partial charge in [0, 0.05) is 25.3 Å². The Morgan fingerprint density at radius 2 is 1.95 bits per heavy atom. The third-order valence-electron chi connectivity index (χ3n) is 4.26. The summed E-state index contributed by atoms with van der Waals surface area (Å²) in [6.45, 7) is 2.15. The van der Waals surface area contributed by atoms with Crippen LogP contribution in [-0.4, -0.2) is 43.1 Å². The van der Waals surface area contributed by atoms with Crippen LogP contribution in [0.25, 0.3) is 0 Å². The van der Waals surface area contributed by atoms with Gasteiger partial charge in [-0.2, -0.15) is 0 Å². The van der Waals surface area contributed by atoms with Crippen molar-refractivity contribution < 1.29 is 0 Å². The van der Waals surface area contributed by atoms with E-state index >= 15 is 0 Å². The topological polar surface area (TPSA) is 19.4 Å². The van der Waals surface area contributed by atoms with E-state index in [9.17, 15) is 0 Å². The summed E-state index contributed by atoms with van der Waals surface area (Å²) in [6.07, 6.45) is 4.63. The summed E-state index contributed by atoms with van der Waals surface area (Å²) in [7, 11) is 4.37. The van der Waals surface area contributed by atoms with Crippen molar-refractivity contribution in [1.82, 2.24) is 9.88 Å². The van der Waals surface area contributed by atoms with E-state index < -0.39 is 0 Å². The fourth-order valence-electron chi connectivity index (χ4n) is 3.13. The summed E-state index contributed by atoms with van der Waals surface area (Å²) in [6, 6.07) is 4.46. The monoisotopic (exact) mass is 337 g/mol. The van der Waals surface area contributed by atoms with Crippen molar-refractivity contribution >= 4 is 42.2 Å². The van der Waals surface area contributed by atoms with Crippen molar-refractivity contribution in [3.63, 3.8) is 0 Å². The quantitative estimate of drug-likeness (QED) is 0.842. The van der Waals surface area contributed by atoms with Gasteiger partial charge in [-0.15, -0.1) is 24.8 Å². The van der Waals surface area contributed by atoms with Gasteiger partial charge in [0.1, 0.15) is 5.82 Å². The fourth-order valence-corrected chi connectivity index (χ4v) is 3.37. The van der Waals surface area contributed by atoms with Gasteiger partial charge in [-0.05, 0) is 50.9 Å². The van der Waals surface area contributed by atoms with Crippen LogP contribution < -0.4 is 4.90 Å². The van der Waals surface area contributed by atoms with Crippen LogP contribution in [0.4, 0.5) is 5.82 Å². The molecule has 1 aliphatic heterocycles. The molecule has 2 fully saturated rings. The Morgan fingerprint density at radius 1 is 1.25 bits per heavy atom. The summed E-state index contributed by atoms with van der Waals surface area (Å²) in [5, 5.41) is 0.770. The zero-order chi connectivity index (χ0) is 12.7. The molecule has 2 heterocycles. The first-order valence-electron chi connectivity index (χ1n) is 6.68. The molecule has 3 rings (SSSR count). The van der Waals surface area contributed by atoms with Gasteiger partial charge in [-0.25, -0.2) is 4.98 Å². The number of nitrogens with zero attached hydrogens (tertiary/aromatic N) is 3. The maximum atomic E-state index is 6.26. The zero-order valence-corrected chi connectivity index (χ0v) is 14.2. The molecular weight excluding hydrogens is 317 g/mol. The Hall–Kier alpha value is -0.220. The van der Waals surface area contributed by atoms with Crippen LogP contribution in [0.15, 0.2) is 18.3 Å². The Morgan fingerprint density at radius 3 is 2.50 bits per heavy atom. The number of hydrogen-bond acceptors (Lipinski definition) is 3. The van der Waals surface area contributed by atoms with Crippen LogP contribution in [0.2, 0.25) is 5.02 Å². The van der Waals surface area contributed by atoms with Crippen LogP contribution in [0.3, 0.4) is 0 Å². The van der Waals surface area contributed by atoms with Crippen molar-refractivity contribution in [1.29, 1.82) is 0 Å². The Labute approximate surface area is 138 Å². The van der Waals surface area contributed by atoms with Crippen molar-refractivity contribution in [3.05, 3.63) is 23.4 Å². The smallest absolute Gasteiger partial charge is 0.147 e. The lowest BCUT2D eigenvalue weighted by Crippen LogP contribution is -2.36. The van der Waals surface area contributed by atoms with Crippen molar-refractivity contribution in [2.45, 2.75) is 18.9 Å². The minimum Gasteiger partial charge on any atom is -0.353 e. The molecular formula is C14H22Cl3N3. The maximum Gasteiger partial charge on any atom is 0.147 e. The van der Waals surface area contributed by atoms with Crippen LogP contribution in [0.5, 0.6) is 0 Å². The van der Waals surface area contributed by atoms with E-state index in [1.165, 1.54) is 12.8 Å². The minimum atomic E-state index is 0. The molecule has 1 saturated carbocycles. The minimum absolute atomic E-state index is 0. The fraction of sp³-hybridized carbons (Fsp3) is 0.643. The number of aromatic nitrogens is 1. The number of pyridine rings is 1. The lowest BCUT2D eigenvalue weighted by molar-refractivity contribution is 0.238. The molecule has 0 bridgehead atoms. The molecule has 6 heteroatoms. The van der Waals surface area contributed by atoms with Gasteiger partial charge in [0.15, 0.2) is 0 Å². The second-order valence-electron chi connectivity index (χ2n) is 5.75. The average molecular weight is 339 g/mol. The van der Waals surface area contributed by atoms with E-state index in [-0.39, 0.29) is 24.8 Å². The summed E-state index contributed by atoms with van der Waals surface area (Å²) in [5.74, 6) is 2.65. The van der Waals surface area contributed by atoms with E-state index in [1.54, 1.807) is 0 Å². The van der Waals surface area contributed by atoms with Crippen molar-refractivity contribution in [2.75, 3.05) is 32.1 Å². The third kappa shape index (κ3) is 3.51. The normalized spacial score (nSPS) is 25.3. The molecule has 1 aliphatic carbocycles. The van der Waals surface area contributed by atoms with Gasteiger partial charge in [-0.1, -0.05) is 11.6 Å². The molecule has 1 aromatic heterocycles. The Balaban J connectivity index is 0.000001000. The van der Waals surface area contributed by atoms with Crippen molar-refractivity contribution in [2.24, 2.45) is 11.8 Å². The van der Waals surface area contributed by atoms with E-state index in [0.29, 0.717) is 6.04 Å². The molecule has 20 heavy (non-hydrogen) atoms. The van der Waals surface area contributed by atoms with Crippen LogP contribution in [0.1, 0.15) is 12.8 Å². The molecule has 3 nitrogen and oxygen atoms in total. The molecule has 2 atom stereocenters. The standard InChI is InChI=1S/C14H20ClN3.2ClH/c1-17(2)13-9-18(8-11(13)10-5-6-10)14-12(15)4-3-7-16-14;;/h3-4,7,10-11,13H,5-6,8-9H2,1-2H3;2*1H/t11-,13+;;/m1../s1. The number of rotatable bonds is 3. The largest absolute Gasteiger partial charge is 0.353 e. The van der Waals surface area contributed by atoms with Crippen LogP contribution in [0, 0.1) is 11.8 Å². The number of hydrogen-bond donors (Lipinski definition) is 0. The molecule has 0 amide bonds. The Kier molecular flexibility index (Phi) is 6.39. The lowest BCUT2D eigenvalue weighted by Gasteiger charge is -2.24. The highest BCUT2D eigenvalue weighted by Gasteiger charge is 2.43. The highest BCUT2D eigenvalue weighted by atomic mass is 35.5. The molecule has 1 aromatic rings. The van der Waals surface area contributed by atoms with E-state index in [4.69, 9.17) is 11.6 Å². The van der Waals surface area contributed by atoms with Crippen molar-refractivity contribution in [3.8, 4) is 0 Å². The van der Waals surface area contributed by atoms with Crippen LogP contribution >= 0.6 is 36.4 Å². The first-order valence-corrected chi connectivity index (χ1v) is 7.06. The maximum absolute atomic E-state index is 6.26. The molecule has 114 valence electrons. The van der Waals surface area contributed by atoms with Crippen LogP contribution in [-0.2, 0) is 0 Å².